The van der Waals surface area contributed by atoms with E-state index in [4.69, 9.17) is 14.6 Å². The van der Waals surface area contributed by atoms with E-state index in [9.17, 15) is 14.4 Å². The molecule has 0 saturated heterocycles. The summed E-state index contributed by atoms with van der Waals surface area (Å²) in [5.74, 6) is -1.49. The van der Waals surface area contributed by atoms with Crippen molar-refractivity contribution in [3.05, 3.63) is 41.9 Å². The molecule has 0 aliphatic rings. The summed E-state index contributed by atoms with van der Waals surface area (Å²) in [6.07, 6.45) is 1.27. The van der Waals surface area contributed by atoms with Crippen molar-refractivity contribution in [2.24, 2.45) is 0 Å². The van der Waals surface area contributed by atoms with Crippen molar-refractivity contribution in [2.75, 3.05) is 0 Å². The van der Waals surface area contributed by atoms with Crippen LogP contribution in [0.25, 0.3) is 11.3 Å². The second-order valence-electron chi connectivity index (χ2n) is 6.79. The van der Waals surface area contributed by atoms with E-state index in [0.29, 0.717) is 17.6 Å². The molecule has 0 aliphatic heterocycles. The third kappa shape index (κ3) is 6.22. The van der Waals surface area contributed by atoms with Crippen molar-refractivity contribution in [2.45, 2.75) is 51.5 Å². The van der Waals surface area contributed by atoms with E-state index in [1.807, 2.05) is 24.3 Å². The lowest BCUT2D eigenvalue weighted by Gasteiger charge is -2.13. The fraction of sp³-hybridized carbons (Fsp3) is 0.400. The zero-order valence-electron chi connectivity index (χ0n) is 15.8. The predicted octanol–water partition coefficient (Wildman–Crippen LogP) is 2.83. The fourth-order valence-corrected chi connectivity index (χ4v) is 2.60. The number of aryl methyl sites for hydroxylation is 1. The lowest BCUT2D eigenvalue weighted by Crippen LogP contribution is -2.41. The monoisotopic (exact) mass is 388 g/mol. The molecule has 1 aromatic carbocycles. The highest BCUT2D eigenvalue weighted by Crippen LogP contribution is 2.23. The number of oxazole rings is 1. The second-order valence-corrected chi connectivity index (χ2v) is 6.79. The summed E-state index contributed by atoms with van der Waals surface area (Å²) in [6.45, 7) is 4.23. The van der Waals surface area contributed by atoms with Gasteiger partial charge in [0.05, 0.1) is 6.20 Å². The van der Waals surface area contributed by atoms with E-state index in [2.05, 4.69) is 24.1 Å². The van der Waals surface area contributed by atoms with Gasteiger partial charge in [0.15, 0.2) is 11.7 Å². The average Bonchev–Trinajstić information content (AvgIpc) is 3.12. The number of hydrogen-bond acceptors (Lipinski definition) is 5. The fourth-order valence-electron chi connectivity index (χ4n) is 2.60. The van der Waals surface area contributed by atoms with Gasteiger partial charge in [-0.3, -0.25) is 9.59 Å². The molecule has 150 valence electrons. The minimum atomic E-state index is -1.27. The van der Waals surface area contributed by atoms with Gasteiger partial charge < -0.3 is 19.9 Å². The van der Waals surface area contributed by atoms with E-state index in [1.165, 1.54) is 5.56 Å². The minimum Gasteiger partial charge on any atom is -0.481 e. The maximum atomic E-state index is 12.0. The van der Waals surface area contributed by atoms with Gasteiger partial charge in [0.25, 0.3) is 0 Å². The number of rotatable bonds is 10. The summed E-state index contributed by atoms with van der Waals surface area (Å²) in [5.41, 5.74) is 2.10. The molecule has 0 aliphatic carbocycles. The predicted molar refractivity (Wildman–Crippen MR) is 101 cm³/mol. The number of carboxylic acids is 2. The molecule has 0 fully saturated rings. The van der Waals surface area contributed by atoms with Crippen LogP contribution in [-0.4, -0.2) is 39.1 Å². The number of benzene rings is 1. The number of hydrogen-bond donors (Lipinski definition) is 3. The molecule has 0 bridgehead atoms. The third-order valence-corrected chi connectivity index (χ3v) is 4.26. The summed E-state index contributed by atoms with van der Waals surface area (Å²) >= 11 is 0. The molecular formula is C20H24N2O6. The maximum Gasteiger partial charge on any atom is 0.326 e. The van der Waals surface area contributed by atoms with Crippen molar-refractivity contribution in [1.82, 2.24) is 10.3 Å². The topological polar surface area (TPSA) is 130 Å². The standard InChI is InChI=1S/C20H24N2O6/c1-12(2)13-3-5-14(6-4-13)16-11-21-18(28-16)9-8-17(23)22-15(20(26)27)7-10-19(24)25/h3-6,11-12,15H,7-10H2,1-2H3,(H,22,23)(H,24,25)(H,26,27). The first-order valence-corrected chi connectivity index (χ1v) is 9.05. The Labute approximate surface area is 162 Å². The number of aromatic nitrogens is 1. The number of aliphatic carboxylic acids is 2. The first-order valence-electron chi connectivity index (χ1n) is 9.05. The van der Waals surface area contributed by atoms with Crippen molar-refractivity contribution in [1.29, 1.82) is 0 Å². The van der Waals surface area contributed by atoms with Crippen LogP contribution in [0, 0.1) is 0 Å². The molecule has 1 heterocycles. The summed E-state index contributed by atoms with van der Waals surface area (Å²) in [4.78, 5) is 37.8. The highest BCUT2D eigenvalue weighted by atomic mass is 16.4. The van der Waals surface area contributed by atoms with Crippen LogP contribution in [0.2, 0.25) is 0 Å². The Bertz CT molecular complexity index is 825. The summed E-state index contributed by atoms with van der Waals surface area (Å²) < 4.78 is 5.67. The number of amides is 1. The molecule has 1 aromatic heterocycles. The molecule has 1 unspecified atom stereocenters. The van der Waals surface area contributed by atoms with Gasteiger partial charge in [-0.2, -0.15) is 0 Å². The van der Waals surface area contributed by atoms with Crippen molar-refractivity contribution in [3.8, 4) is 11.3 Å². The Hall–Kier alpha value is -3.16. The Morgan fingerprint density at radius 3 is 2.36 bits per heavy atom. The molecule has 28 heavy (non-hydrogen) atoms. The van der Waals surface area contributed by atoms with Gasteiger partial charge in [-0.1, -0.05) is 38.1 Å². The van der Waals surface area contributed by atoms with Crippen LogP contribution in [0.15, 0.2) is 34.9 Å². The normalized spacial score (nSPS) is 12.0. The number of carboxylic acid groups (broad SMARTS) is 2. The first-order chi connectivity index (χ1) is 13.3. The molecule has 2 rings (SSSR count). The summed E-state index contributed by atoms with van der Waals surface area (Å²) in [5, 5.41) is 20.0. The Kier molecular flexibility index (Phi) is 7.31. The molecule has 3 N–H and O–H groups in total. The zero-order valence-corrected chi connectivity index (χ0v) is 15.8. The molecule has 8 nitrogen and oxygen atoms in total. The SMILES string of the molecule is CC(C)c1ccc(-c2cnc(CCC(=O)NC(CCC(=O)O)C(=O)O)o2)cc1. The van der Waals surface area contributed by atoms with Crippen molar-refractivity contribution >= 4 is 17.8 Å². The molecule has 8 heteroatoms. The maximum absolute atomic E-state index is 12.0. The van der Waals surface area contributed by atoms with Gasteiger partial charge in [0.1, 0.15) is 6.04 Å². The molecule has 0 saturated carbocycles. The highest BCUT2D eigenvalue weighted by molar-refractivity contribution is 5.84. The van der Waals surface area contributed by atoms with Crippen LogP contribution >= 0.6 is 0 Å². The van der Waals surface area contributed by atoms with Crippen LogP contribution < -0.4 is 5.32 Å². The lowest BCUT2D eigenvalue weighted by atomic mass is 10.0. The zero-order chi connectivity index (χ0) is 20.7. The molecule has 1 amide bonds. The summed E-state index contributed by atoms with van der Waals surface area (Å²) in [6, 6.07) is 6.72. The van der Waals surface area contributed by atoms with Gasteiger partial charge in [0.2, 0.25) is 5.91 Å². The van der Waals surface area contributed by atoms with E-state index in [1.54, 1.807) is 6.20 Å². The van der Waals surface area contributed by atoms with Crippen LogP contribution in [0.5, 0.6) is 0 Å². The third-order valence-electron chi connectivity index (χ3n) is 4.26. The largest absolute Gasteiger partial charge is 0.481 e. The molecule has 0 radical (unpaired) electrons. The van der Waals surface area contributed by atoms with E-state index in [0.717, 1.165) is 5.56 Å². The van der Waals surface area contributed by atoms with E-state index in [-0.39, 0.29) is 25.7 Å². The number of carbonyl (C=O) groups excluding carboxylic acids is 1. The van der Waals surface area contributed by atoms with Crippen LogP contribution in [0.1, 0.15) is 50.5 Å². The van der Waals surface area contributed by atoms with Gasteiger partial charge >= 0.3 is 11.9 Å². The smallest absolute Gasteiger partial charge is 0.326 e. The molecule has 2 aromatic rings. The van der Waals surface area contributed by atoms with Crippen molar-refractivity contribution < 1.29 is 29.0 Å². The van der Waals surface area contributed by atoms with Gasteiger partial charge in [0, 0.05) is 24.8 Å². The quantitative estimate of drug-likeness (QED) is 0.570. The first kappa shape index (κ1) is 21.1. The molecule has 1 atom stereocenters. The minimum absolute atomic E-state index is 0.0108. The van der Waals surface area contributed by atoms with Crippen LogP contribution in [0.4, 0.5) is 0 Å². The van der Waals surface area contributed by atoms with Gasteiger partial charge in [-0.05, 0) is 17.9 Å². The van der Waals surface area contributed by atoms with Crippen molar-refractivity contribution in [3.63, 3.8) is 0 Å². The summed E-state index contributed by atoms with van der Waals surface area (Å²) in [7, 11) is 0. The van der Waals surface area contributed by atoms with Gasteiger partial charge in [-0.25, -0.2) is 9.78 Å². The second kappa shape index (κ2) is 9.68. The average molecular weight is 388 g/mol. The Morgan fingerprint density at radius 1 is 1.11 bits per heavy atom. The number of nitrogens with zero attached hydrogens (tertiary/aromatic N) is 1. The Balaban J connectivity index is 1.89. The number of nitrogens with one attached hydrogen (secondary N) is 1. The molecular weight excluding hydrogens is 364 g/mol. The van der Waals surface area contributed by atoms with E-state index >= 15 is 0 Å². The van der Waals surface area contributed by atoms with Crippen LogP contribution in [0.3, 0.4) is 0 Å². The van der Waals surface area contributed by atoms with Gasteiger partial charge in [-0.15, -0.1) is 0 Å². The highest BCUT2D eigenvalue weighted by Gasteiger charge is 2.21. The van der Waals surface area contributed by atoms with Crippen LogP contribution in [-0.2, 0) is 20.8 Å². The van der Waals surface area contributed by atoms with E-state index < -0.39 is 23.9 Å². The number of carbonyl (C=O) groups is 3. The molecule has 0 spiro atoms. The lowest BCUT2D eigenvalue weighted by molar-refractivity contribution is -0.143. The Morgan fingerprint density at radius 2 is 1.79 bits per heavy atom.